The number of likely N-dealkylation sites (tertiary alicyclic amines) is 1. The molecule has 2 rings (SSSR count). The molecular weight excluding hydrogens is 232 g/mol. The van der Waals surface area contributed by atoms with E-state index >= 15 is 0 Å². The third-order valence-corrected chi connectivity index (χ3v) is 4.20. The Hall–Kier alpha value is -0.860. The molecule has 106 valence electrons. The zero-order valence-corrected chi connectivity index (χ0v) is 12.4. The second-order valence-electron chi connectivity index (χ2n) is 5.86. The van der Waals surface area contributed by atoms with Crippen molar-refractivity contribution in [3.8, 4) is 0 Å². The first-order valence-electron chi connectivity index (χ1n) is 7.80. The molecule has 1 aliphatic rings. The molecule has 1 aromatic rings. The normalized spacial score (nSPS) is 22.9. The molecule has 0 aliphatic carbocycles. The third-order valence-electron chi connectivity index (χ3n) is 4.20. The fraction of sp³-hybridized carbons (Fsp3) is 0.647. The van der Waals surface area contributed by atoms with E-state index in [1.165, 1.54) is 37.9 Å². The Balaban J connectivity index is 1.96. The topological polar surface area (TPSA) is 15.3 Å². The molecule has 1 aromatic carbocycles. The lowest BCUT2D eigenvalue weighted by atomic mass is 10.0. The average Bonchev–Trinajstić information content (AvgIpc) is 2.64. The highest BCUT2D eigenvalue weighted by Crippen LogP contribution is 2.20. The summed E-state index contributed by atoms with van der Waals surface area (Å²) in [5.74, 6) is 0.902. The first-order chi connectivity index (χ1) is 9.29. The lowest BCUT2D eigenvalue weighted by Crippen LogP contribution is -2.36. The number of rotatable bonds is 5. The van der Waals surface area contributed by atoms with Crippen LogP contribution in [-0.4, -0.2) is 31.1 Å². The Kier molecular flexibility index (Phi) is 5.87. The molecule has 1 saturated heterocycles. The molecule has 2 heteroatoms. The highest BCUT2D eigenvalue weighted by molar-refractivity contribution is 5.19. The van der Waals surface area contributed by atoms with Crippen molar-refractivity contribution < 1.29 is 0 Å². The molecule has 0 aromatic heterocycles. The van der Waals surface area contributed by atoms with Crippen molar-refractivity contribution in [2.24, 2.45) is 5.92 Å². The minimum Gasteiger partial charge on any atom is -0.309 e. The molecule has 2 atom stereocenters. The van der Waals surface area contributed by atoms with Gasteiger partial charge in [-0.2, -0.15) is 0 Å². The standard InChI is InChI=1S/C17H28N2/c1-3-18-17(16-9-5-4-6-10-16)14-19-12-7-8-15(2)11-13-19/h4-6,9-10,15,17-18H,3,7-8,11-14H2,1-2H3. The monoisotopic (exact) mass is 260 g/mol. The van der Waals surface area contributed by atoms with Gasteiger partial charge >= 0.3 is 0 Å². The van der Waals surface area contributed by atoms with Crippen LogP contribution in [0.2, 0.25) is 0 Å². The van der Waals surface area contributed by atoms with Gasteiger partial charge in [-0.1, -0.05) is 44.2 Å². The van der Waals surface area contributed by atoms with Crippen molar-refractivity contribution in [2.75, 3.05) is 26.2 Å². The van der Waals surface area contributed by atoms with Crippen LogP contribution < -0.4 is 5.32 Å². The van der Waals surface area contributed by atoms with E-state index in [9.17, 15) is 0 Å². The van der Waals surface area contributed by atoms with Gasteiger partial charge in [-0.25, -0.2) is 0 Å². The molecule has 0 spiro atoms. The number of likely N-dealkylation sites (N-methyl/N-ethyl adjacent to an activating group) is 1. The Morgan fingerprint density at radius 2 is 2.00 bits per heavy atom. The lowest BCUT2D eigenvalue weighted by molar-refractivity contribution is 0.250. The van der Waals surface area contributed by atoms with Gasteiger partial charge in [-0.3, -0.25) is 0 Å². The predicted molar refractivity (Wildman–Crippen MR) is 82.3 cm³/mol. The molecule has 1 fully saturated rings. The van der Waals surface area contributed by atoms with E-state index in [0.29, 0.717) is 6.04 Å². The molecule has 1 aliphatic heterocycles. The van der Waals surface area contributed by atoms with Gasteiger partial charge in [-0.15, -0.1) is 0 Å². The summed E-state index contributed by atoms with van der Waals surface area (Å²) in [5.41, 5.74) is 1.42. The van der Waals surface area contributed by atoms with Crippen molar-refractivity contribution >= 4 is 0 Å². The zero-order valence-electron chi connectivity index (χ0n) is 12.4. The van der Waals surface area contributed by atoms with Crippen LogP contribution in [0.4, 0.5) is 0 Å². The summed E-state index contributed by atoms with van der Waals surface area (Å²) < 4.78 is 0. The zero-order chi connectivity index (χ0) is 13.5. The highest BCUT2D eigenvalue weighted by atomic mass is 15.1. The maximum atomic E-state index is 3.64. The summed E-state index contributed by atoms with van der Waals surface area (Å²) in [6.07, 6.45) is 4.11. The van der Waals surface area contributed by atoms with E-state index in [2.05, 4.69) is 54.4 Å². The molecule has 2 nitrogen and oxygen atoms in total. The number of hydrogen-bond donors (Lipinski definition) is 1. The molecule has 1 N–H and O–H groups in total. The SMILES string of the molecule is CCNC(CN1CCCC(C)CC1)c1ccccc1. The van der Waals surface area contributed by atoms with Crippen molar-refractivity contribution in [3.05, 3.63) is 35.9 Å². The average molecular weight is 260 g/mol. The van der Waals surface area contributed by atoms with Crippen LogP contribution in [-0.2, 0) is 0 Å². The highest BCUT2D eigenvalue weighted by Gasteiger charge is 2.18. The van der Waals surface area contributed by atoms with Gasteiger partial charge in [0.05, 0.1) is 0 Å². The molecule has 2 unspecified atom stereocenters. The predicted octanol–water partition coefficient (Wildman–Crippen LogP) is 3.46. The Labute approximate surface area is 118 Å². The maximum Gasteiger partial charge on any atom is 0.0449 e. The third kappa shape index (κ3) is 4.63. The van der Waals surface area contributed by atoms with E-state index in [1.54, 1.807) is 0 Å². The summed E-state index contributed by atoms with van der Waals surface area (Å²) in [5, 5.41) is 3.64. The van der Waals surface area contributed by atoms with Gasteiger partial charge in [0.2, 0.25) is 0 Å². The minimum atomic E-state index is 0.472. The van der Waals surface area contributed by atoms with Crippen LogP contribution in [0.1, 0.15) is 44.7 Å². The number of nitrogens with one attached hydrogen (secondary N) is 1. The van der Waals surface area contributed by atoms with Crippen LogP contribution >= 0.6 is 0 Å². The smallest absolute Gasteiger partial charge is 0.0449 e. The second kappa shape index (κ2) is 7.66. The first kappa shape index (κ1) is 14.5. The number of benzene rings is 1. The molecule has 1 heterocycles. The summed E-state index contributed by atoms with van der Waals surface area (Å²) in [4.78, 5) is 2.64. The fourth-order valence-electron chi connectivity index (χ4n) is 2.98. The van der Waals surface area contributed by atoms with Gasteiger partial charge in [0.15, 0.2) is 0 Å². The van der Waals surface area contributed by atoms with Gasteiger partial charge in [-0.05, 0) is 50.4 Å². The van der Waals surface area contributed by atoms with Gasteiger partial charge in [0.1, 0.15) is 0 Å². The lowest BCUT2D eigenvalue weighted by Gasteiger charge is -2.27. The van der Waals surface area contributed by atoms with E-state index in [4.69, 9.17) is 0 Å². The van der Waals surface area contributed by atoms with Crippen LogP contribution in [0.15, 0.2) is 30.3 Å². The minimum absolute atomic E-state index is 0.472. The van der Waals surface area contributed by atoms with Gasteiger partial charge < -0.3 is 10.2 Å². The quantitative estimate of drug-likeness (QED) is 0.872. The van der Waals surface area contributed by atoms with Crippen molar-refractivity contribution in [3.63, 3.8) is 0 Å². The molecule has 0 bridgehead atoms. The summed E-state index contributed by atoms with van der Waals surface area (Å²) >= 11 is 0. The largest absolute Gasteiger partial charge is 0.309 e. The molecule has 0 saturated carbocycles. The Morgan fingerprint density at radius 3 is 2.74 bits per heavy atom. The first-order valence-corrected chi connectivity index (χ1v) is 7.80. The molecule has 0 amide bonds. The van der Waals surface area contributed by atoms with Crippen LogP contribution in [0.3, 0.4) is 0 Å². The maximum absolute atomic E-state index is 3.64. The van der Waals surface area contributed by atoms with Crippen LogP contribution in [0, 0.1) is 5.92 Å². The Bertz CT molecular complexity index is 350. The molecular formula is C17H28N2. The Morgan fingerprint density at radius 1 is 1.21 bits per heavy atom. The van der Waals surface area contributed by atoms with Gasteiger partial charge in [0, 0.05) is 12.6 Å². The van der Waals surface area contributed by atoms with Gasteiger partial charge in [0.25, 0.3) is 0 Å². The van der Waals surface area contributed by atoms with E-state index in [1.807, 2.05) is 0 Å². The van der Waals surface area contributed by atoms with Crippen LogP contribution in [0.5, 0.6) is 0 Å². The van der Waals surface area contributed by atoms with Crippen LogP contribution in [0.25, 0.3) is 0 Å². The second-order valence-corrected chi connectivity index (χ2v) is 5.86. The van der Waals surface area contributed by atoms with Crippen molar-refractivity contribution in [1.82, 2.24) is 10.2 Å². The summed E-state index contributed by atoms with van der Waals surface area (Å²) in [6.45, 7) is 9.28. The number of nitrogens with zero attached hydrogens (tertiary/aromatic N) is 1. The molecule has 0 radical (unpaired) electrons. The molecule has 19 heavy (non-hydrogen) atoms. The fourth-order valence-corrected chi connectivity index (χ4v) is 2.98. The van der Waals surface area contributed by atoms with Crippen molar-refractivity contribution in [2.45, 2.75) is 39.2 Å². The van der Waals surface area contributed by atoms with Crippen molar-refractivity contribution in [1.29, 1.82) is 0 Å². The summed E-state index contributed by atoms with van der Waals surface area (Å²) in [6, 6.07) is 11.3. The van der Waals surface area contributed by atoms with E-state index < -0.39 is 0 Å². The summed E-state index contributed by atoms with van der Waals surface area (Å²) in [7, 11) is 0. The number of hydrogen-bond acceptors (Lipinski definition) is 2. The van der Waals surface area contributed by atoms with E-state index in [-0.39, 0.29) is 0 Å². The van der Waals surface area contributed by atoms with E-state index in [0.717, 1.165) is 19.0 Å².